The summed E-state index contributed by atoms with van der Waals surface area (Å²) in [6.45, 7) is 17.4. The summed E-state index contributed by atoms with van der Waals surface area (Å²) >= 11 is 3.37. The Morgan fingerprint density at radius 3 is 2.56 bits per heavy atom. The van der Waals surface area contributed by atoms with Crippen LogP contribution in [0.1, 0.15) is 71.7 Å². The summed E-state index contributed by atoms with van der Waals surface area (Å²) in [4.78, 5) is 5.83. The second-order valence-electron chi connectivity index (χ2n) is 8.41. The fourth-order valence-electron chi connectivity index (χ4n) is 2.87. The number of thiophene rings is 1. The molecule has 2 heterocycles. The number of benzene rings is 1. The maximum absolute atomic E-state index is 5.72. The zero-order valence-electron chi connectivity index (χ0n) is 20.4. The van der Waals surface area contributed by atoms with Crippen molar-refractivity contribution in [3.05, 3.63) is 59.1 Å². The van der Waals surface area contributed by atoms with Crippen LogP contribution in [0.5, 0.6) is 0 Å². The van der Waals surface area contributed by atoms with E-state index in [1.807, 2.05) is 40.1 Å². The average Bonchev–Trinajstić information content (AvgIpc) is 3.15. The van der Waals surface area contributed by atoms with Crippen molar-refractivity contribution < 1.29 is 24.5 Å². The van der Waals surface area contributed by atoms with Crippen molar-refractivity contribution in [2.75, 3.05) is 6.61 Å². The van der Waals surface area contributed by atoms with Gasteiger partial charge in [0.1, 0.15) is 0 Å². The smallest absolute Gasteiger partial charge is 0.549 e. The van der Waals surface area contributed by atoms with Gasteiger partial charge in [-0.1, -0.05) is 39.0 Å². The molecule has 2 aromatic heterocycles. The molecule has 0 aliphatic carbocycles. The number of rotatable bonds is 7. The van der Waals surface area contributed by atoms with E-state index in [-0.39, 0.29) is 24.5 Å². The molecule has 0 amide bonds. The van der Waals surface area contributed by atoms with E-state index in [0.717, 1.165) is 16.7 Å². The van der Waals surface area contributed by atoms with Crippen LogP contribution in [-0.4, -0.2) is 22.6 Å². The van der Waals surface area contributed by atoms with Crippen LogP contribution in [0.2, 0.25) is 0 Å². The molecule has 3 rings (SSSR count). The first-order chi connectivity index (χ1) is 14.7. The van der Waals surface area contributed by atoms with Gasteiger partial charge in [-0.2, -0.15) is 13.8 Å². The predicted molar refractivity (Wildman–Crippen MR) is 140 cm³/mol. The quantitative estimate of drug-likeness (QED) is 0.147. The van der Waals surface area contributed by atoms with Crippen molar-refractivity contribution >= 4 is 39.6 Å². The fourth-order valence-corrected chi connectivity index (χ4v) is 4.48. The Balaban J connectivity index is 0.00000166. The van der Waals surface area contributed by atoms with Crippen LogP contribution >= 0.6 is 23.3 Å². The van der Waals surface area contributed by atoms with Crippen LogP contribution in [0.4, 0.5) is 0 Å². The molecular formula is C26H35N2OOsS2. The number of nitrogens with zero attached hydrogens (tertiary/aromatic N) is 2. The molecule has 6 heteroatoms. The number of ether oxygens (including phenoxy) is 1. The van der Waals surface area contributed by atoms with E-state index in [9.17, 15) is 0 Å². The van der Waals surface area contributed by atoms with Gasteiger partial charge >= 0.3 is 19.8 Å². The van der Waals surface area contributed by atoms with Gasteiger partial charge in [0.05, 0.1) is 11.9 Å². The molecule has 32 heavy (non-hydrogen) atoms. The van der Waals surface area contributed by atoms with E-state index < -0.39 is 0 Å². The summed E-state index contributed by atoms with van der Waals surface area (Å²) < 4.78 is 11.6. The largest absolute Gasteiger partial charge is 1.00 e. The van der Waals surface area contributed by atoms with Gasteiger partial charge < -0.3 is 4.74 Å². The molecule has 0 aliphatic heterocycles. The van der Waals surface area contributed by atoms with E-state index in [0.29, 0.717) is 12.5 Å². The van der Waals surface area contributed by atoms with Crippen molar-refractivity contribution in [1.82, 2.24) is 4.98 Å². The van der Waals surface area contributed by atoms with Gasteiger partial charge in [0.15, 0.2) is 0 Å². The number of hydrogen-bond donors (Lipinski definition) is 0. The molecule has 0 fully saturated rings. The first-order valence-electron chi connectivity index (χ1n) is 10.9. The normalized spacial score (nSPS) is 12.5. The number of fused-ring (bicyclic) bond motifs is 1. The van der Waals surface area contributed by atoms with E-state index in [1.54, 1.807) is 23.3 Å². The summed E-state index contributed by atoms with van der Waals surface area (Å²) in [6.07, 6.45) is 4.86. The molecule has 0 spiro atoms. The van der Waals surface area contributed by atoms with Gasteiger partial charge in [0.2, 0.25) is 0 Å². The van der Waals surface area contributed by atoms with Crippen molar-refractivity contribution in [3.63, 3.8) is 0 Å². The molecule has 0 bridgehead atoms. The van der Waals surface area contributed by atoms with Gasteiger partial charge in [-0.25, -0.2) is 10.5 Å². The molecule has 1 radical (unpaired) electrons. The zero-order chi connectivity index (χ0) is 23.0. The van der Waals surface area contributed by atoms with Crippen LogP contribution in [-0.2, 0) is 24.5 Å². The molecule has 1 unspecified atom stereocenters. The Kier molecular flexibility index (Phi) is 12.3. The number of aromatic nitrogens is 1. The molecule has 1 atom stereocenters. The Labute approximate surface area is 215 Å². The van der Waals surface area contributed by atoms with Crippen LogP contribution in [0.25, 0.3) is 21.3 Å². The Hall–Kier alpha value is -1.05. The van der Waals surface area contributed by atoms with Crippen LogP contribution < -0.4 is 0 Å². The van der Waals surface area contributed by atoms with E-state index in [2.05, 4.69) is 73.5 Å². The van der Waals surface area contributed by atoms with Crippen molar-refractivity contribution in [1.29, 1.82) is 0 Å². The molecule has 3 nitrogen and oxygen atoms in total. The van der Waals surface area contributed by atoms with Crippen molar-refractivity contribution in [3.8, 4) is 11.3 Å². The van der Waals surface area contributed by atoms with Crippen LogP contribution in [0, 0.1) is 6.10 Å². The topological polar surface area (TPSA) is 34.5 Å². The van der Waals surface area contributed by atoms with Gasteiger partial charge in [-0.3, -0.25) is 4.98 Å². The minimum absolute atomic E-state index is 0. The first kappa shape index (κ1) is 29.0. The van der Waals surface area contributed by atoms with E-state index in [4.69, 9.17) is 4.74 Å². The van der Waals surface area contributed by atoms with E-state index in [1.165, 1.54) is 21.2 Å². The molecule has 0 aliphatic rings. The third kappa shape index (κ3) is 8.71. The maximum atomic E-state index is 5.72. The summed E-state index contributed by atoms with van der Waals surface area (Å²) in [5.41, 5.74) is 3.42. The Morgan fingerprint density at radius 1 is 1.19 bits per heavy atom. The van der Waals surface area contributed by atoms with Crippen LogP contribution in [0.15, 0.2) is 47.0 Å². The fraction of sp³-hybridized carbons (Fsp3) is 0.423. The number of pyridine rings is 1. The zero-order valence-corrected chi connectivity index (χ0v) is 24.5. The Morgan fingerprint density at radius 2 is 1.91 bits per heavy atom. The third-order valence-electron chi connectivity index (χ3n) is 4.32. The molecular weight excluding hydrogens is 611 g/mol. The number of hydrogen-bond acceptors (Lipinski definition) is 5. The molecule has 175 valence electrons. The van der Waals surface area contributed by atoms with Crippen molar-refractivity contribution in [2.24, 2.45) is 4.40 Å². The van der Waals surface area contributed by atoms with Gasteiger partial charge in [-0.05, 0) is 61.9 Å². The summed E-state index contributed by atoms with van der Waals surface area (Å²) in [5, 5.41) is 1.23. The SMILES string of the molecule is CC.C[C-](C)OCC(C)c1ccnc(-c2cccc3cc(/C=N/SC(C)(C)C)sc23)c1.[Os+]. The first-order valence-corrected chi connectivity index (χ1v) is 12.5. The van der Waals surface area contributed by atoms with Crippen LogP contribution in [0.3, 0.4) is 0 Å². The minimum Gasteiger partial charge on any atom is -0.549 e. The molecule has 0 N–H and O–H groups in total. The minimum atomic E-state index is 0. The van der Waals surface area contributed by atoms with Gasteiger partial charge in [0.25, 0.3) is 0 Å². The van der Waals surface area contributed by atoms with Gasteiger partial charge in [0, 0.05) is 38.6 Å². The third-order valence-corrected chi connectivity index (χ3v) is 6.20. The predicted octanol–water partition coefficient (Wildman–Crippen LogP) is 8.54. The summed E-state index contributed by atoms with van der Waals surface area (Å²) in [6, 6.07) is 12.9. The molecule has 0 saturated heterocycles. The second-order valence-corrected chi connectivity index (χ2v) is 11.1. The monoisotopic (exact) mass is 647 g/mol. The van der Waals surface area contributed by atoms with Gasteiger partial charge in [-0.15, -0.1) is 11.3 Å². The average molecular weight is 646 g/mol. The summed E-state index contributed by atoms with van der Waals surface area (Å²) in [7, 11) is 0. The second kappa shape index (κ2) is 13.6. The molecule has 0 saturated carbocycles. The summed E-state index contributed by atoms with van der Waals surface area (Å²) in [5.74, 6) is 0.311. The standard InChI is InChI=1S/C24H29N2OS2.C2H6.Os/c1-16(2)27-15-17(3)18-10-11-25-22(13-18)21-9-7-8-19-12-20(28-23(19)21)14-26-29-24(4,5)6;1-2;/h7-14,17H,15H2,1-6H3;1-2H3;/q-1;;+1/b26-14+;;. The Bertz CT molecular complexity index is 993. The molecule has 1 aromatic carbocycles. The maximum Gasteiger partial charge on any atom is 1.00 e. The van der Waals surface area contributed by atoms with E-state index >= 15 is 0 Å². The molecule has 3 aromatic rings. The van der Waals surface area contributed by atoms with Crippen molar-refractivity contribution in [2.45, 2.75) is 66.1 Å².